The van der Waals surface area contributed by atoms with E-state index in [1.54, 1.807) is 0 Å². The van der Waals surface area contributed by atoms with Gasteiger partial charge in [0.25, 0.3) is 0 Å². The third kappa shape index (κ3) is 3.35. The lowest BCUT2D eigenvalue weighted by molar-refractivity contribution is -0.137. The van der Waals surface area contributed by atoms with Crippen molar-refractivity contribution >= 4 is 6.41 Å². The molecule has 27 heavy (non-hydrogen) atoms. The number of nitrogens with zero attached hydrogens (tertiary/aromatic N) is 1. The lowest BCUT2D eigenvalue weighted by Gasteiger charge is -2.45. The number of amides is 1. The fourth-order valence-corrected chi connectivity index (χ4v) is 4.75. The summed E-state index contributed by atoms with van der Waals surface area (Å²) in [6.07, 6.45) is 2.35. The first-order chi connectivity index (χ1) is 12.9. The number of hydrogen-bond donors (Lipinski definition) is 0. The summed E-state index contributed by atoms with van der Waals surface area (Å²) in [5.41, 5.74) is 3.47. The predicted octanol–water partition coefficient (Wildman–Crippen LogP) is 5.55. The third-order valence-electron chi connectivity index (χ3n) is 6.06. The SMILES string of the molecule is O=CN1Cc2cc(-c3ccc(C(F)(F)F)cc3)ccc2C2(CCCCC2)C1. The fraction of sp³-hybridized carbons (Fsp3) is 0.409. The molecule has 2 aromatic carbocycles. The lowest BCUT2D eigenvalue weighted by Crippen LogP contribution is -2.46. The van der Waals surface area contributed by atoms with Crippen molar-refractivity contribution in [1.29, 1.82) is 0 Å². The van der Waals surface area contributed by atoms with Gasteiger partial charge in [0.05, 0.1) is 5.56 Å². The first-order valence-electron chi connectivity index (χ1n) is 9.42. The maximum absolute atomic E-state index is 12.8. The highest BCUT2D eigenvalue weighted by molar-refractivity contribution is 5.66. The fourth-order valence-electron chi connectivity index (χ4n) is 4.75. The quantitative estimate of drug-likeness (QED) is 0.633. The molecule has 5 heteroatoms. The molecule has 142 valence electrons. The van der Waals surface area contributed by atoms with Gasteiger partial charge in [-0.3, -0.25) is 4.79 Å². The normalized spacial score (nSPS) is 19.0. The Labute approximate surface area is 157 Å². The van der Waals surface area contributed by atoms with Crippen LogP contribution in [0.2, 0.25) is 0 Å². The predicted molar refractivity (Wildman–Crippen MR) is 98.1 cm³/mol. The van der Waals surface area contributed by atoms with Gasteiger partial charge in [0.1, 0.15) is 0 Å². The molecule has 0 saturated heterocycles. The van der Waals surface area contributed by atoms with Crippen molar-refractivity contribution in [1.82, 2.24) is 4.90 Å². The Hall–Kier alpha value is -2.30. The van der Waals surface area contributed by atoms with E-state index in [0.29, 0.717) is 6.54 Å². The van der Waals surface area contributed by atoms with Gasteiger partial charge in [-0.1, -0.05) is 43.5 Å². The number of carbonyl (C=O) groups excluding carboxylic acids is 1. The van der Waals surface area contributed by atoms with Crippen LogP contribution in [0.4, 0.5) is 13.2 Å². The van der Waals surface area contributed by atoms with Gasteiger partial charge in [-0.15, -0.1) is 0 Å². The number of alkyl halides is 3. The Morgan fingerprint density at radius 1 is 0.926 bits per heavy atom. The van der Waals surface area contributed by atoms with Gasteiger partial charge in [-0.05, 0) is 53.3 Å². The Kier molecular flexibility index (Phi) is 4.49. The minimum Gasteiger partial charge on any atom is -0.340 e. The summed E-state index contributed by atoms with van der Waals surface area (Å²) >= 11 is 0. The van der Waals surface area contributed by atoms with E-state index in [1.165, 1.54) is 37.0 Å². The molecule has 0 atom stereocenters. The maximum atomic E-state index is 12.8. The summed E-state index contributed by atoms with van der Waals surface area (Å²) in [5, 5.41) is 0. The first-order valence-corrected chi connectivity index (χ1v) is 9.42. The van der Waals surface area contributed by atoms with E-state index in [1.807, 2.05) is 17.0 Å². The van der Waals surface area contributed by atoms with Crippen LogP contribution in [0.15, 0.2) is 42.5 Å². The molecule has 1 heterocycles. The minimum absolute atomic E-state index is 0.0331. The molecule has 4 rings (SSSR count). The molecule has 0 radical (unpaired) electrons. The van der Waals surface area contributed by atoms with E-state index in [2.05, 4.69) is 6.07 Å². The van der Waals surface area contributed by atoms with Crippen molar-refractivity contribution in [2.75, 3.05) is 6.54 Å². The monoisotopic (exact) mass is 373 g/mol. The number of rotatable bonds is 2. The van der Waals surface area contributed by atoms with E-state index < -0.39 is 11.7 Å². The number of benzene rings is 2. The Morgan fingerprint density at radius 2 is 1.59 bits per heavy atom. The zero-order valence-electron chi connectivity index (χ0n) is 15.1. The van der Waals surface area contributed by atoms with E-state index in [0.717, 1.165) is 54.6 Å². The maximum Gasteiger partial charge on any atom is 0.416 e. The largest absolute Gasteiger partial charge is 0.416 e. The molecule has 1 spiro atoms. The van der Waals surface area contributed by atoms with Gasteiger partial charge in [-0.2, -0.15) is 13.2 Å². The second-order valence-corrected chi connectivity index (χ2v) is 7.80. The highest BCUT2D eigenvalue weighted by Crippen LogP contribution is 2.45. The van der Waals surface area contributed by atoms with Crippen LogP contribution in [-0.2, 0) is 22.9 Å². The number of hydrogen-bond acceptors (Lipinski definition) is 1. The highest BCUT2D eigenvalue weighted by atomic mass is 19.4. The van der Waals surface area contributed by atoms with Gasteiger partial charge in [0.15, 0.2) is 0 Å². The standard InChI is InChI=1S/C22H22F3NO/c23-22(24,25)19-7-4-16(5-8-19)17-6-9-20-18(12-17)13-26(15-27)14-21(20)10-2-1-3-11-21/h4-9,12,15H,1-3,10-11,13-14H2. The van der Waals surface area contributed by atoms with E-state index >= 15 is 0 Å². The molecule has 1 saturated carbocycles. The molecule has 1 aliphatic heterocycles. The molecule has 2 aliphatic rings. The van der Waals surface area contributed by atoms with Crippen molar-refractivity contribution in [3.63, 3.8) is 0 Å². The van der Waals surface area contributed by atoms with Gasteiger partial charge in [-0.25, -0.2) is 0 Å². The van der Waals surface area contributed by atoms with E-state index in [9.17, 15) is 18.0 Å². The van der Waals surface area contributed by atoms with Crippen LogP contribution >= 0.6 is 0 Å². The van der Waals surface area contributed by atoms with Crippen LogP contribution < -0.4 is 0 Å². The number of fused-ring (bicyclic) bond motifs is 2. The van der Waals surface area contributed by atoms with Crippen LogP contribution in [0.5, 0.6) is 0 Å². The third-order valence-corrected chi connectivity index (χ3v) is 6.06. The van der Waals surface area contributed by atoms with Crippen molar-refractivity contribution in [3.8, 4) is 11.1 Å². The average molecular weight is 373 g/mol. The van der Waals surface area contributed by atoms with Gasteiger partial charge in [0.2, 0.25) is 6.41 Å². The Bertz CT molecular complexity index is 836. The molecule has 2 nitrogen and oxygen atoms in total. The van der Waals surface area contributed by atoms with Crippen molar-refractivity contribution in [2.45, 2.75) is 50.2 Å². The van der Waals surface area contributed by atoms with Gasteiger partial charge < -0.3 is 4.90 Å². The van der Waals surface area contributed by atoms with Crippen LogP contribution in [-0.4, -0.2) is 17.9 Å². The van der Waals surface area contributed by atoms with Crippen molar-refractivity contribution < 1.29 is 18.0 Å². The van der Waals surface area contributed by atoms with Crippen LogP contribution in [0.25, 0.3) is 11.1 Å². The summed E-state index contributed by atoms with van der Waals surface area (Å²) < 4.78 is 38.4. The summed E-state index contributed by atoms with van der Waals surface area (Å²) in [7, 11) is 0. The summed E-state index contributed by atoms with van der Waals surface area (Å²) in [6.45, 7) is 1.33. The molecule has 1 aliphatic carbocycles. The average Bonchev–Trinajstić information content (AvgIpc) is 2.67. The molecule has 0 unspecified atom stereocenters. The minimum atomic E-state index is -4.33. The molecule has 0 N–H and O–H groups in total. The topological polar surface area (TPSA) is 20.3 Å². The van der Waals surface area contributed by atoms with E-state index in [4.69, 9.17) is 0 Å². The van der Waals surface area contributed by atoms with Crippen LogP contribution in [0.3, 0.4) is 0 Å². The first kappa shape index (κ1) is 18.1. The van der Waals surface area contributed by atoms with E-state index in [-0.39, 0.29) is 5.41 Å². The molecular formula is C22H22F3NO. The Morgan fingerprint density at radius 3 is 2.22 bits per heavy atom. The summed E-state index contributed by atoms with van der Waals surface area (Å²) in [4.78, 5) is 13.3. The Balaban J connectivity index is 1.71. The molecular weight excluding hydrogens is 351 g/mol. The van der Waals surface area contributed by atoms with Gasteiger partial charge in [0, 0.05) is 18.5 Å². The zero-order chi connectivity index (χ0) is 19.1. The van der Waals surface area contributed by atoms with Crippen molar-refractivity contribution in [2.24, 2.45) is 0 Å². The zero-order valence-corrected chi connectivity index (χ0v) is 15.1. The number of halogens is 3. The molecule has 0 aromatic heterocycles. The van der Waals surface area contributed by atoms with Crippen LogP contribution in [0, 0.1) is 0 Å². The molecule has 2 aromatic rings. The number of carbonyl (C=O) groups is 1. The second kappa shape index (κ2) is 6.70. The molecule has 1 fully saturated rings. The molecule has 0 bridgehead atoms. The molecule has 1 amide bonds. The summed E-state index contributed by atoms with van der Waals surface area (Å²) in [5.74, 6) is 0. The van der Waals surface area contributed by atoms with Gasteiger partial charge >= 0.3 is 6.18 Å². The van der Waals surface area contributed by atoms with Crippen LogP contribution in [0.1, 0.15) is 48.8 Å². The highest BCUT2D eigenvalue weighted by Gasteiger charge is 2.40. The second-order valence-electron chi connectivity index (χ2n) is 7.80. The lowest BCUT2D eigenvalue weighted by atomic mass is 9.66. The smallest absolute Gasteiger partial charge is 0.340 e. The summed E-state index contributed by atoms with van der Waals surface area (Å²) in [6, 6.07) is 11.5. The van der Waals surface area contributed by atoms with Crippen molar-refractivity contribution in [3.05, 3.63) is 59.2 Å².